The minimum absolute atomic E-state index is 0.0173. The van der Waals surface area contributed by atoms with E-state index in [1.165, 1.54) is 11.3 Å². The van der Waals surface area contributed by atoms with Crippen LogP contribution in [0.5, 0.6) is 0 Å². The molecule has 0 aliphatic carbocycles. The zero-order chi connectivity index (χ0) is 15.6. The van der Waals surface area contributed by atoms with Crippen molar-refractivity contribution in [3.05, 3.63) is 20.3 Å². The Morgan fingerprint density at radius 2 is 2.19 bits per heavy atom. The summed E-state index contributed by atoms with van der Waals surface area (Å²) in [6.45, 7) is 2.33. The van der Waals surface area contributed by atoms with E-state index in [-0.39, 0.29) is 11.9 Å². The predicted molar refractivity (Wildman–Crippen MR) is 84.2 cm³/mol. The van der Waals surface area contributed by atoms with E-state index >= 15 is 0 Å². The summed E-state index contributed by atoms with van der Waals surface area (Å²) in [5, 5.41) is 9.08. The normalized spacial score (nSPS) is 21.8. The number of aryl methyl sites for hydroxylation is 1. The van der Waals surface area contributed by atoms with Gasteiger partial charge >= 0.3 is 5.97 Å². The number of aliphatic carboxylic acids is 1. The summed E-state index contributed by atoms with van der Waals surface area (Å²) in [4.78, 5) is 24.9. The van der Waals surface area contributed by atoms with Crippen LogP contribution in [0.25, 0.3) is 0 Å². The van der Waals surface area contributed by atoms with Crippen LogP contribution in [-0.2, 0) is 16.0 Å². The molecule has 1 fully saturated rings. The van der Waals surface area contributed by atoms with Crippen molar-refractivity contribution >= 4 is 46.4 Å². The molecule has 1 aliphatic rings. The molecule has 0 spiro atoms. The van der Waals surface area contributed by atoms with E-state index in [4.69, 9.17) is 28.3 Å². The lowest BCUT2D eigenvalue weighted by Gasteiger charge is -2.23. The van der Waals surface area contributed by atoms with Crippen LogP contribution in [0.15, 0.2) is 6.07 Å². The molecule has 0 bridgehead atoms. The fourth-order valence-corrected chi connectivity index (χ4v) is 4.28. The number of halogens is 2. The summed E-state index contributed by atoms with van der Waals surface area (Å²) in [6.07, 6.45) is 2.33. The maximum Gasteiger partial charge on any atom is 0.308 e. The van der Waals surface area contributed by atoms with Crippen LogP contribution in [0.2, 0.25) is 8.67 Å². The van der Waals surface area contributed by atoms with E-state index in [1.54, 1.807) is 11.8 Å². The van der Waals surface area contributed by atoms with Gasteiger partial charge in [0.2, 0.25) is 5.91 Å². The number of rotatable bonds is 5. The average molecular weight is 350 g/mol. The van der Waals surface area contributed by atoms with Gasteiger partial charge in [-0.05, 0) is 37.8 Å². The van der Waals surface area contributed by atoms with Gasteiger partial charge in [-0.3, -0.25) is 9.59 Å². The Bertz CT molecular complexity index is 546. The topological polar surface area (TPSA) is 57.6 Å². The molecule has 2 heterocycles. The van der Waals surface area contributed by atoms with Gasteiger partial charge in [0.05, 0.1) is 14.6 Å². The van der Waals surface area contributed by atoms with E-state index in [9.17, 15) is 9.59 Å². The van der Waals surface area contributed by atoms with Crippen LogP contribution in [0, 0.1) is 5.92 Å². The van der Waals surface area contributed by atoms with Crippen molar-refractivity contribution in [1.82, 2.24) is 4.90 Å². The zero-order valence-corrected chi connectivity index (χ0v) is 14.0. The SMILES string of the molecule is CC1C(C(=O)O)CCN1C(=O)CCCc1cc(Cl)sc1Cl. The van der Waals surface area contributed by atoms with Crippen molar-refractivity contribution in [3.63, 3.8) is 0 Å². The molecule has 7 heteroatoms. The second kappa shape index (κ2) is 6.99. The Labute approximate surface area is 137 Å². The van der Waals surface area contributed by atoms with Gasteiger partial charge in [0.25, 0.3) is 0 Å². The highest BCUT2D eigenvalue weighted by atomic mass is 35.5. The number of carbonyl (C=O) groups is 2. The van der Waals surface area contributed by atoms with E-state index in [1.807, 2.05) is 6.07 Å². The van der Waals surface area contributed by atoms with Gasteiger partial charge < -0.3 is 10.0 Å². The highest BCUT2D eigenvalue weighted by Crippen LogP contribution is 2.32. The summed E-state index contributed by atoms with van der Waals surface area (Å²) in [5.41, 5.74) is 0.970. The number of hydrogen-bond acceptors (Lipinski definition) is 3. The van der Waals surface area contributed by atoms with Crippen LogP contribution >= 0.6 is 34.5 Å². The summed E-state index contributed by atoms with van der Waals surface area (Å²) in [6, 6.07) is 1.60. The molecule has 2 rings (SSSR count). The molecule has 2 unspecified atom stereocenters. The molecule has 1 N–H and O–H groups in total. The standard InChI is InChI=1S/C14H17Cl2NO3S/c1-8-10(14(19)20)5-6-17(8)12(18)4-2-3-9-7-11(15)21-13(9)16/h7-8,10H,2-6H2,1H3,(H,19,20). The Balaban J connectivity index is 1.83. The van der Waals surface area contributed by atoms with Crippen LogP contribution in [0.3, 0.4) is 0 Å². The van der Waals surface area contributed by atoms with Gasteiger partial charge in [-0.1, -0.05) is 23.2 Å². The molecular formula is C14H17Cl2NO3S. The molecule has 1 amide bonds. The van der Waals surface area contributed by atoms with Crippen molar-refractivity contribution in [2.75, 3.05) is 6.54 Å². The summed E-state index contributed by atoms with van der Waals surface area (Å²) >= 11 is 13.2. The first-order valence-corrected chi connectivity index (χ1v) is 8.43. The third kappa shape index (κ3) is 3.90. The first-order valence-electron chi connectivity index (χ1n) is 6.86. The highest BCUT2D eigenvalue weighted by Gasteiger charge is 2.37. The van der Waals surface area contributed by atoms with Crippen LogP contribution in [0.1, 0.15) is 31.7 Å². The summed E-state index contributed by atoms with van der Waals surface area (Å²) in [7, 11) is 0. The summed E-state index contributed by atoms with van der Waals surface area (Å²) in [5.74, 6) is -1.25. The Morgan fingerprint density at radius 1 is 1.48 bits per heavy atom. The number of thiophene rings is 1. The second-order valence-corrected chi connectivity index (χ2v) is 7.55. The van der Waals surface area contributed by atoms with Crippen molar-refractivity contribution < 1.29 is 14.7 Å². The Kier molecular flexibility index (Phi) is 5.52. The lowest BCUT2D eigenvalue weighted by atomic mass is 10.0. The summed E-state index contributed by atoms with van der Waals surface area (Å²) < 4.78 is 1.33. The molecule has 1 saturated heterocycles. The minimum Gasteiger partial charge on any atom is -0.481 e. The van der Waals surface area contributed by atoms with Crippen molar-refractivity contribution in [3.8, 4) is 0 Å². The van der Waals surface area contributed by atoms with Crippen molar-refractivity contribution in [2.45, 2.75) is 38.6 Å². The number of carboxylic acid groups (broad SMARTS) is 1. The van der Waals surface area contributed by atoms with E-state index in [0.717, 1.165) is 5.56 Å². The molecule has 0 radical (unpaired) electrons. The first kappa shape index (κ1) is 16.6. The van der Waals surface area contributed by atoms with Crippen molar-refractivity contribution in [2.24, 2.45) is 5.92 Å². The van der Waals surface area contributed by atoms with E-state index < -0.39 is 11.9 Å². The van der Waals surface area contributed by atoms with Gasteiger partial charge in [-0.25, -0.2) is 0 Å². The average Bonchev–Trinajstić information content (AvgIpc) is 2.92. The molecule has 4 nitrogen and oxygen atoms in total. The molecular weight excluding hydrogens is 333 g/mol. The molecule has 0 aromatic carbocycles. The predicted octanol–water partition coefficient (Wildman–Crippen LogP) is 3.70. The van der Waals surface area contributed by atoms with E-state index in [2.05, 4.69) is 0 Å². The van der Waals surface area contributed by atoms with Gasteiger partial charge in [0.15, 0.2) is 0 Å². The lowest BCUT2D eigenvalue weighted by Crippen LogP contribution is -2.37. The molecule has 21 heavy (non-hydrogen) atoms. The van der Waals surface area contributed by atoms with Crippen LogP contribution in [0.4, 0.5) is 0 Å². The quantitative estimate of drug-likeness (QED) is 0.881. The molecule has 2 atom stereocenters. The van der Waals surface area contributed by atoms with Gasteiger partial charge in [-0.15, -0.1) is 11.3 Å². The van der Waals surface area contributed by atoms with Gasteiger partial charge in [-0.2, -0.15) is 0 Å². The number of carbonyl (C=O) groups excluding carboxylic acids is 1. The smallest absolute Gasteiger partial charge is 0.308 e. The van der Waals surface area contributed by atoms with E-state index in [0.29, 0.717) is 40.9 Å². The number of amides is 1. The third-order valence-corrected chi connectivity index (χ3v) is 5.53. The van der Waals surface area contributed by atoms with Gasteiger partial charge in [0, 0.05) is 19.0 Å². The molecule has 116 valence electrons. The molecule has 1 aromatic rings. The first-order chi connectivity index (χ1) is 9.90. The van der Waals surface area contributed by atoms with Crippen LogP contribution < -0.4 is 0 Å². The van der Waals surface area contributed by atoms with Crippen LogP contribution in [-0.4, -0.2) is 34.5 Å². The maximum atomic E-state index is 12.2. The largest absolute Gasteiger partial charge is 0.481 e. The number of hydrogen-bond donors (Lipinski definition) is 1. The second-order valence-electron chi connectivity index (χ2n) is 5.26. The number of carboxylic acids is 1. The Hall–Kier alpha value is -0.780. The monoisotopic (exact) mass is 349 g/mol. The van der Waals surface area contributed by atoms with Crippen molar-refractivity contribution in [1.29, 1.82) is 0 Å². The fourth-order valence-electron chi connectivity index (χ4n) is 2.74. The lowest BCUT2D eigenvalue weighted by molar-refractivity contribution is -0.143. The maximum absolute atomic E-state index is 12.2. The molecule has 0 saturated carbocycles. The Morgan fingerprint density at radius 3 is 2.71 bits per heavy atom. The third-order valence-electron chi connectivity index (χ3n) is 3.96. The van der Waals surface area contributed by atoms with Gasteiger partial charge in [0.1, 0.15) is 0 Å². The highest BCUT2D eigenvalue weighted by molar-refractivity contribution is 7.20. The zero-order valence-electron chi connectivity index (χ0n) is 11.6. The minimum atomic E-state index is -0.822. The fraction of sp³-hybridized carbons (Fsp3) is 0.571. The number of nitrogens with zero attached hydrogens (tertiary/aromatic N) is 1. The molecule has 1 aliphatic heterocycles. The molecule has 1 aromatic heterocycles. The number of likely N-dealkylation sites (tertiary alicyclic amines) is 1.